The van der Waals surface area contributed by atoms with Gasteiger partial charge in [0, 0.05) is 0 Å². The first-order chi connectivity index (χ1) is 11.7. The summed E-state index contributed by atoms with van der Waals surface area (Å²) in [6.07, 6.45) is 14.5. The zero-order valence-corrected chi connectivity index (χ0v) is 16.0. The van der Waals surface area contributed by atoms with Crippen LogP contribution >= 0.6 is 0 Å². The Labute approximate surface area is 149 Å². The Bertz CT molecular complexity index is 551. The smallest absolute Gasteiger partial charge is 0.0723 e. The molecule has 1 aromatic carbocycles. The molecule has 0 amide bonds. The van der Waals surface area contributed by atoms with Crippen molar-refractivity contribution in [3.8, 4) is 0 Å². The summed E-state index contributed by atoms with van der Waals surface area (Å²) in [6, 6.07) is 6.46. The van der Waals surface area contributed by atoms with Gasteiger partial charge in [0.1, 0.15) is 0 Å². The number of ether oxygens (including phenoxy) is 1. The molecule has 0 heterocycles. The van der Waals surface area contributed by atoms with Crippen molar-refractivity contribution >= 4 is 5.57 Å². The fourth-order valence-corrected chi connectivity index (χ4v) is 2.89. The third kappa shape index (κ3) is 6.49. The quantitative estimate of drug-likeness (QED) is 0.397. The molecule has 0 N–H and O–H groups in total. The van der Waals surface area contributed by atoms with Gasteiger partial charge in [0.25, 0.3) is 0 Å². The summed E-state index contributed by atoms with van der Waals surface area (Å²) >= 11 is 0. The normalized spacial score (nSPS) is 13.4. The van der Waals surface area contributed by atoms with Gasteiger partial charge in [-0.05, 0) is 49.0 Å². The van der Waals surface area contributed by atoms with Crippen molar-refractivity contribution in [1.29, 1.82) is 0 Å². The Morgan fingerprint density at radius 1 is 1.21 bits per heavy atom. The van der Waals surface area contributed by atoms with Crippen LogP contribution in [-0.4, -0.2) is 6.10 Å². The number of benzene rings is 1. The molecule has 1 aromatic rings. The number of allylic oxidation sites excluding steroid dienone is 5. The van der Waals surface area contributed by atoms with E-state index in [2.05, 4.69) is 57.7 Å². The van der Waals surface area contributed by atoms with E-state index in [-0.39, 0.29) is 0 Å². The molecule has 0 aliphatic rings. The Kier molecular flexibility index (Phi) is 10.1. The molecular weight excluding hydrogens is 292 g/mol. The number of hydrogen-bond donors (Lipinski definition) is 0. The maximum Gasteiger partial charge on any atom is 0.0723 e. The summed E-state index contributed by atoms with van der Waals surface area (Å²) in [5.41, 5.74) is 4.96. The molecule has 24 heavy (non-hydrogen) atoms. The average Bonchev–Trinajstić information content (AvgIpc) is 2.60. The van der Waals surface area contributed by atoms with Crippen molar-refractivity contribution in [2.75, 3.05) is 0 Å². The molecule has 0 saturated heterocycles. The predicted molar refractivity (Wildman–Crippen MR) is 107 cm³/mol. The van der Waals surface area contributed by atoms with Crippen LogP contribution in [0.4, 0.5) is 0 Å². The van der Waals surface area contributed by atoms with Crippen LogP contribution < -0.4 is 0 Å². The first-order valence-electron chi connectivity index (χ1n) is 9.33. The summed E-state index contributed by atoms with van der Waals surface area (Å²) in [5, 5.41) is 0. The van der Waals surface area contributed by atoms with Crippen molar-refractivity contribution in [3.63, 3.8) is 0 Å². The van der Waals surface area contributed by atoms with Gasteiger partial charge in [-0.3, -0.25) is 0 Å². The molecule has 1 heteroatoms. The van der Waals surface area contributed by atoms with Gasteiger partial charge in [0.15, 0.2) is 0 Å². The molecule has 0 aromatic heterocycles. The minimum absolute atomic E-state index is 0.385. The SMILES string of the molecule is C=C/C(=C\C=C/C)c1cccc(COC(CCC)CCCC)c1C. The predicted octanol–water partition coefficient (Wildman–Crippen LogP) is 7.02. The summed E-state index contributed by atoms with van der Waals surface area (Å²) in [6.45, 7) is 13.3. The third-order valence-corrected chi connectivity index (χ3v) is 4.41. The molecule has 0 bridgehead atoms. The van der Waals surface area contributed by atoms with Gasteiger partial charge in [0.2, 0.25) is 0 Å². The Hall–Kier alpha value is -1.60. The molecular formula is C23H34O. The zero-order chi connectivity index (χ0) is 17.8. The van der Waals surface area contributed by atoms with Crippen molar-refractivity contribution < 1.29 is 4.74 Å². The van der Waals surface area contributed by atoms with E-state index in [1.165, 1.54) is 42.4 Å². The summed E-state index contributed by atoms with van der Waals surface area (Å²) in [7, 11) is 0. The molecule has 1 unspecified atom stereocenters. The van der Waals surface area contributed by atoms with Gasteiger partial charge in [-0.15, -0.1) is 0 Å². The standard InChI is InChI=1S/C23H34O/c1-6-10-14-20(9-4)23-17-12-15-21(19(23)5)18-24-22(13-8-3)16-11-7-2/h6,9-10,12,14-15,17,22H,4,7-8,11,13,16,18H2,1-3,5H3/b10-6-,20-14+. The fourth-order valence-electron chi connectivity index (χ4n) is 2.89. The van der Waals surface area contributed by atoms with Gasteiger partial charge < -0.3 is 4.74 Å². The van der Waals surface area contributed by atoms with Crippen LogP contribution in [0.5, 0.6) is 0 Å². The van der Waals surface area contributed by atoms with E-state index in [9.17, 15) is 0 Å². The molecule has 0 aliphatic carbocycles. The Balaban J connectivity index is 2.89. The van der Waals surface area contributed by atoms with Crippen LogP contribution in [0, 0.1) is 6.92 Å². The van der Waals surface area contributed by atoms with Gasteiger partial charge in [-0.25, -0.2) is 0 Å². The van der Waals surface area contributed by atoms with Gasteiger partial charge >= 0.3 is 0 Å². The van der Waals surface area contributed by atoms with E-state index < -0.39 is 0 Å². The highest BCUT2D eigenvalue weighted by Gasteiger charge is 2.11. The van der Waals surface area contributed by atoms with E-state index in [0.29, 0.717) is 12.7 Å². The number of unbranched alkanes of at least 4 members (excludes halogenated alkanes) is 1. The highest BCUT2D eigenvalue weighted by atomic mass is 16.5. The van der Waals surface area contributed by atoms with E-state index in [1.807, 2.05) is 19.1 Å². The van der Waals surface area contributed by atoms with E-state index in [0.717, 1.165) is 12.0 Å². The van der Waals surface area contributed by atoms with Gasteiger partial charge in [-0.2, -0.15) is 0 Å². The van der Waals surface area contributed by atoms with Crippen LogP contribution in [-0.2, 0) is 11.3 Å². The molecule has 0 fully saturated rings. The average molecular weight is 327 g/mol. The number of rotatable bonds is 11. The lowest BCUT2D eigenvalue weighted by atomic mass is 9.96. The second-order valence-electron chi connectivity index (χ2n) is 6.31. The molecule has 0 radical (unpaired) electrons. The first-order valence-corrected chi connectivity index (χ1v) is 9.33. The second kappa shape index (κ2) is 11.9. The van der Waals surface area contributed by atoms with E-state index >= 15 is 0 Å². The maximum atomic E-state index is 6.24. The molecule has 1 nitrogen and oxygen atoms in total. The highest BCUT2D eigenvalue weighted by Crippen LogP contribution is 2.24. The minimum Gasteiger partial charge on any atom is -0.374 e. The monoisotopic (exact) mass is 326 g/mol. The Morgan fingerprint density at radius 2 is 2.00 bits per heavy atom. The lowest BCUT2D eigenvalue weighted by molar-refractivity contribution is 0.0274. The third-order valence-electron chi connectivity index (χ3n) is 4.41. The van der Waals surface area contributed by atoms with Crippen LogP contribution in [0.1, 0.15) is 69.6 Å². The molecule has 0 spiro atoms. The molecule has 0 saturated carbocycles. The van der Waals surface area contributed by atoms with Crippen LogP contribution in [0.15, 0.2) is 49.1 Å². The molecule has 0 aliphatic heterocycles. The largest absolute Gasteiger partial charge is 0.374 e. The molecule has 1 atom stereocenters. The zero-order valence-electron chi connectivity index (χ0n) is 16.0. The fraction of sp³-hybridized carbons (Fsp3) is 0.478. The minimum atomic E-state index is 0.385. The highest BCUT2D eigenvalue weighted by molar-refractivity contribution is 5.77. The summed E-state index contributed by atoms with van der Waals surface area (Å²) in [5.74, 6) is 0. The van der Waals surface area contributed by atoms with E-state index in [1.54, 1.807) is 0 Å². The van der Waals surface area contributed by atoms with E-state index in [4.69, 9.17) is 4.74 Å². The van der Waals surface area contributed by atoms with Crippen molar-refractivity contribution in [3.05, 3.63) is 65.8 Å². The van der Waals surface area contributed by atoms with Crippen LogP contribution in [0.3, 0.4) is 0 Å². The second-order valence-corrected chi connectivity index (χ2v) is 6.31. The van der Waals surface area contributed by atoms with Crippen molar-refractivity contribution in [2.24, 2.45) is 0 Å². The maximum absolute atomic E-state index is 6.24. The topological polar surface area (TPSA) is 9.23 Å². The molecule has 132 valence electrons. The first kappa shape index (κ1) is 20.4. The van der Waals surface area contributed by atoms with Crippen LogP contribution in [0.2, 0.25) is 0 Å². The lowest BCUT2D eigenvalue weighted by Crippen LogP contribution is -2.13. The summed E-state index contributed by atoms with van der Waals surface area (Å²) < 4.78 is 6.24. The Morgan fingerprint density at radius 3 is 2.62 bits per heavy atom. The summed E-state index contributed by atoms with van der Waals surface area (Å²) in [4.78, 5) is 0. The lowest BCUT2D eigenvalue weighted by Gasteiger charge is -2.19. The van der Waals surface area contributed by atoms with Gasteiger partial charge in [0.05, 0.1) is 12.7 Å². The molecule has 1 rings (SSSR count). The van der Waals surface area contributed by atoms with Crippen LogP contribution in [0.25, 0.3) is 5.57 Å². The van der Waals surface area contributed by atoms with Crippen molar-refractivity contribution in [2.45, 2.75) is 72.5 Å². The van der Waals surface area contributed by atoms with Crippen molar-refractivity contribution in [1.82, 2.24) is 0 Å². The van der Waals surface area contributed by atoms with Gasteiger partial charge in [-0.1, -0.05) is 82.2 Å². The number of hydrogen-bond acceptors (Lipinski definition) is 1.